The molecule has 0 saturated carbocycles. The van der Waals surface area contributed by atoms with Crippen molar-refractivity contribution in [1.29, 1.82) is 0 Å². The van der Waals surface area contributed by atoms with Gasteiger partial charge in [0.1, 0.15) is 11.8 Å². The predicted molar refractivity (Wildman–Crippen MR) is 119 cm³/mol. The van der Waals surface area contributed by atoms with Crippen molar-refractivity contribution in [2.75, 3.05) is 11.9 Å². The summed E-state index contributed by atoms with van der Waals surface area (Å²) in [6.45, 7) is 8.37. The molecule has 1 unspecified atom stereocenters. The molecule has 3 aromatic rings. The van der Waals surface area contributed by atoms with Gasteiger partial charge < -0.3 is 10.1 Å². The highest BCUT2D eigenvalue weighted by Crippen LogP contribution is 2.23. The van der Waals surface area contributed by atoms with Crippen molar-refractivity contribution in [3.63, 3.8) is 0 Å². The molecule has 2 aromatic carbocycles. The number of nitrogens with one attached hydrogen (secondary N) is 1. The van der Waals surface area contributed by atoms with E-state index in [1.807, 2.05) is 45.9 Å². The maximum absolute atomic E-state index is 12.9. The number of aryl methyl sites for hydroxylation is 2. The number of benzene rings is 2. The minimum absolute atomic E-state index is 0.283. The highest BCUT2D eigenvalue weighted by atomic mass is 16.5. The molecule has 0 saturated heterocycles. The maximum atomic E-state index is 12.9. The molecule has 3 rings (SSSR count). The van der Waals surface area contributed by atoms with Gasteiger partial charge >= 0.3 is 0 Å². The molecule has 0 aliphatic rings. The van der Waals surface area contributed by atoms with Gasteiger partial charge in [0.25, 0.3) is 5.56 Å². The molecular weight excluding hydrogens is 378 g/mol. The number of aromatic nitrogens is 2. The van der Waals surface area contributed by atoms with Crippen molar-refractivity contribution >= 4 is 11.6 Å². The van der Waals surface area contributed by atoms with Gasteiger partial charge in [0.2, 0.25) is 5.91 Å². The van der Waals surface area contributed by atoms with Crippen LogP contribution in [0.25, 0.3) is 11.3 Å². The molecule has 6 heteroatoms. The maximum Gasteiger partial charge on any atom is 0.267 e. The van der Waals surface area contributed by atoms with Crippen molar-refractivity contribution in [2.24, 2.45) is 0 Å². The molecule has 0 fully saturated rings. The molecule has 1 amide bonds. The summed E-state index contributed by atoms with van der Waals surface area (Å²) in [5, 5.41) is 7.41. The Balaban J connectivity index is 1.89. The summed E-state index contributed by atoms with van der Waals surface area (Å²) in [5.41, 5.74) is 4.12. The Morgan fingerprint density at radius 1 is 1.07 bits per heavy atom. The second-order valence-corrected chi connectivity index (χ2v) is 7.19. The van der Waals surface area contributed by atoms with E-state index >= 15 is 0 Å². The molecular formula is C24H27N3O3. The van der Waals surface area contributed by atoms with Crippen LogP contribution in [0, 0.1) is 13.8 Å². The van der Waals surface area contributed by atoms with E-state index in [-0.39, 0.29) is 11.5 Å². The fourth-order valence-electron chi connectivity index (χ4n) is 3.30. The van der Waals surface area contributed by atoms with E-state index in [1.165, 1.54) is 10.7 Å². The molecule has 0 bridgehead atoms. The van der Waals surface area contributed by atoms with E-state index in [2.05, 4.69) is 10.4 Å². The monoisotopic (exact) mass is 405 g/mol. The van der Waals surface area contributed by atoms with E-state index in [1.54, 1.807) is 30.3 Å². The lowest BCUT2D eigenvalue weighted by atomic mass is 10.0. The molecule has 1 atom stereocenters. The van der Waals surface area contributed by atoms with Gasteiger partial charge in [-0.1, -0.05) is 24.6 Å². The summed E-state index contributed by atoms with van der Waals surface area (Å²) in [5.74, 6) is 0.455. The summed E-state index contributed by atoms with van der Waals surface area (Å²) >= 11 is 0. The van der Waals surface area contributed by atoms with Crippen LogP contribution in [0.3, 0.4) is 0 Å². The minimum Gasteiger partial charge on any atom is -0.494 e. The molecule has 6 nitrogen and oxygen atoms in total. The molecule has 0 aliphatic carbocycles. The van der Waals surface area contributed by atoms with Crippen LogP contribution >= 0.6 is 0 Å². The topological polar surface area (TPSA) is 73.2 Å². The highest BCUT2D eigenvalue weighted by molar-refractivity contribution is 5.93. The number of nitrogens with zero attached hydrogens (tertiary/aromatic N) is 2. The molecule has 156 valence electrons. The van der Waals surface area contributed by atoms with Gasteiger partial charge in [0, 0.05) is 17.3 Å². The third-order valence-electron chi connectivity index (χ3n) is 4.91. The zero-order chi connectivity index (χ0) is 21.7. The fraction of sp³-hybridized carbons (Fsp3) is 0.292. The smallest absolute Gasteiger partial charge is 0.267 e. The number of carbonyl (C=O) groups is 1. The lowest BCUT2D eigenvalue weighted by Gasteiger charge is -2.18. The first-order valence-electron chi connectivity index (χ1n) is 10.1. The number of carbonyl (C=O) groups excluding carboxylic acids is 1. The van der Waals surface area contributed by atoms with Crippen LogP contribution in [0.5, 0.6) is 5.75 Å². The summed E-state index contributed by atoms with van der Waals surface area (Å²) in [6, 6.07) is 15.7. The second-order valence-electron chi connectivity index (χ2n) is 7.19. The van der Waals surface area contributed by atoms with Crippen LogP contribution in [0.4, 0.5) is 5.69 Å². The van der Waals surface area contributed by atoms with Gasteiger partial charge in [0.15, 0.2) is 0 Å². The van der Waals surface area contributed by atoms with Gasteiger partial charge in [-0.05, 0) is 69.2 Å². The fourth-order valence-corrected chi connectivity index (χ4v) is 3.30. The van der Waals surface area contributed by atoms with E-state index in [4.69, 9.17) is 4.74 Å². The number of hydrogen-bond donors (Lipinski definition) is 1. The first-order chi connectivity index (χ1) is 14.4. The second kappa shape index (κ2) is 9.39. The quantitative estimate of drug-likeness (QED) is 0.627. The third kappa shape index (κ3) is 4.76. The van der Waals surface area contributed by atoms with Crippen LogP contribution < -0.4 is 15.6 Å². The summed E-state index contributed by atoms with van der Waals surface area (Å²) < 4.78 is 6.70. The van der Waals surface area contributed by atoms with Crippen molar-refractivity contribution in [2.45, 2.75) is 40.2 Å². The third-order valence-corrected chi connectivity index (χ3v) is 4.91. The summed E-state index contributed by atoms with van der Waals surface area (Å²) in [6.07, 6.45) is 0.437. The van der Waals surface area contributed by atoms with E-state index in [0.29, 0.717) is 24.4 Å². The average Bonchev–Trinajstić information content (AvgIpc) is 2.73. The molecule has 1 heterocycles. The number of ether oxygens (including phenoxy) is 1. The Kier molecular flexibility index (Phi) is 6.67. The zero-order valence-corrected chi connectivity index (χ0v) is 17.8. The predicted octanol–water partition coefficient (Wildman–Crippen LogP) is 4.52. The SMILES string of the molecule is CCOc1ccc(NC(=O)C(CC)n2nc(-c3cc(C)ccc3C)ccc2=O)cc1. The van der Waals surface area contributed by atoms with Crippen molar-refractivity contribution in [1.82, 2.24) is 9.78 Å². The molecule has 1 aromatic heterocycles. The van der Waals surface area contributed by atoms with Crippen LogP contribution in [-0.2, 0) is 4.79 Å². The van der Waals surface area contributed by atoms with E-state index in [0.717, 1.165) is 22.4 Å². The number of anilines is 1. The summed E-state index contributed by atoms with van der Waals surface area (Å²) in [4.78, 5) is 25.5. The van der Waals surface area contributed by atoms with Crippen molar-refractivity contribution in [3.8, 4) is 17.0 Å². The first kappa shape index (κ1) is 21.3. The number of amides is 1. The Labute approximate surface area is 176 Å². The average molecular weight is 405 g/mol. The molecule has 0 spiro atoms. The van der Waals surface area contributed by atoms with Crippen LogP contribution in [0.1, 0.15) is 37.4 Å². The molecule has 30 heavy (non-hydrogen) atoms. The Hall–Kier alpha value is -3.41. The largest absolute Gasteiger partial charge is 0.494 e. The Morgan fingerprint density at radius 2 is 1.80 bits per heavy atom. The molecule has 0 aliphatic heterocycles. The first-order valence-corrected chi connectivity index (χ1v) is 10.1. The lowest BCUT2D eigenvalue weighted by molar-refractivity contribution is -0.119. The summed E-state index contributed by atoms with van der Waals surface area (Å²) in [7, 11) is 0. The van der Waals surface area contributed by atoms with Gasteiger partial charge in [-0.25, -0.2) is 4.68 Å². The molecule has 1 N–H and O–H groups in total. The van der Waals surface area contributed by atoms with Crippen molar-refractivity contribution < 1.29 is 9.53 Å². The van der Waals surface area contributed by atoms with Gasteiger partial charge in [-0.3, -0.25) is 9.59 Å². The van der Waals surface area contributed by atoms with Crippen molar-refractivity contribution in [3.05, 3.63) is 76.1 Å². The minimum atomic E-state index is -0.714. The van der Waals surface area contributed by atoms with Crippen LogP contribution in [-0.4, -0.2) is 22.3 Å². The Bertz CT molecular complexity index is 1090. The van der Waals surface area contributed by atoms with Crippen LogP contribution in [0.2, 0.25) is 0 Å². The van der Waals surface area contributed by atoms with E-state index < -0.39 is 6.04 Å². The Morgan fingerprint density at radius 3 is 2.47 bits per heavy atom. The number of rotatable bonds is 7. The number of hydrogen-bond acceptors (Lipinski definition) is 4. The normalized spacial score (nSPS) is 11.7. The van der Waals surface area contributed by atoms with Gasteiger partial charge in [0.05, 0.1) is 12.3 Å². The van der Waals surface area contributed by atoms with Gasteiger partial charge in [-0.2, -0.15) is 5.10 Å². The standard InChI is InChI=1S/C24H27N3O3/c1-5-22(24(29)25-18-9-11-19(12-10-18)30-6-2)27-23(28)14-13-21(26-27)20-15-16(3)7-8-17(20)4/h7-15,22H,5-6H2,1-4H3,(H,25,29). The van der Waals surface area contributed by atoms with Crippen LogP contribution in [0.15, 0.2) is 59.4 Å². The zero-order valence-electron chi connectivity index (χ0n) is 17.8. The highest BCUT2D eigenvalue weighted by Gasteiger charge is 2.22. The lowest BCUT2D eigenvalue weighted by Crippen LogP contribution is -2.34. The van der Waals surface area contributed by atoms with E-state index in [9.17, 15) is 9.59 Å². The molecule has 0 radical (unpaired) electrons. The van der Waals surface area contributed by atoms with Gasteiger partial charge in [-0.15, -0.1) is 0 Å².